The van der Waals surface area contributed by atoms with Gasteiger partial charge in [0.15, 0.2) is 0 Å². The van der Waals surface area contributed by atoms with E-state index in [1.807, 2.05) is 25.1 Å². The molecule has 94 valence electrons. The van der Waals surface area contributed by atoms with Crippen LogP contribution in [0.5, 0.6) is 11.5 Å². The van der Waals surface area contributed by atoms with E-state index in [-0.39, 0.29) is 0 Å². The van der Waals surface area contributed by atoms with E-state index < -0.39 is 0 Å². The lowest BCUT2D eigenvalue weighted by Gasteiger charge is -2.10. The molecule has 4 nitrogen and oxygen atoms in total. The molecule has 2 aromatic rings. The Labute approximate surface area is 111 Å². The van der Waals surface area contributed by atoms with E-state index in [0.29, 0.717) is 16.7 Å². The molecule has 18 heavy (non-hydrogen) atoms. The number of rotatable bonds is 3. The molecule has 5 heteroatoms. The number of nitrogens with zero attached hydrogens (tertiary/aromatic N) is 2. The fourth-order valence-corrected chi connectivity index (χ4v) is 1.80. The fraction of sp³-hybridized carbons (Fsp3) is 0.231. The van der Waals surface area contributed by atoms with E-state index >= 15 is 0 Å². The number of benzene rings is 1. The van der Waals surface area contributed by atoms with Crippen LogP contribution in [0.3, 0.4) is 0 Å². The second kappa shape index (κ2) is 5.23. The number of aromatic nitrogens is 2. The molecule has 0 bridgehead atoms. The summed E-state index contributed by atoms with van der Waals surface area (Å²) in [6, 6.07) is 5.57. The molecular formula is C13H13ClN2O2. The highest BCUT2D eigenvalue weighted by atomic mass is 35.5. The summed E-state index contributed by atoms with van der Waals surface area (Å²) in [5.41, 5.74) is 2.48. The Morgan fingerprint density at radius 3 is 2.17 bits per heavy atom. The second-order valence-corrected chi connectivity index (χ2v) is 4.10. The van der Waals surface area contributed by atoms with Crippen LogP contribution < -0.4 is 9.47 Å². The number of methoxy groups -OCH3 is 2. The highest BCUT2D eigenvalue weighted by molar-refractivity contribution is 6.30. The Morgan fingerprint density at radius 1 is 1.00 bits per heavy atom. The van der Waals surface area contributed by atoms with Gasteiger partial charge in [-0.25, -0.2) is 9.97 Å². The van der Waals surface area contributed by atoms with E-state index in [9.17, 15) is 0 Å². The van der Waals surface area contributed by atoms with Crippen LogP contribution in [0.4, 0.5) is 0 Å². The van der Waals surface area contributed by atoms with Gasteiger partial charge in [-0.2, -0.15) is 0 Å². The largest absolute Gasteiger partial charge is 0.497 e. The van der Waals surface area contributed by atoms with Crippen LogP contribution in [0.1, 0.15) is 5.56 Å². The predicted octanol–water partition coefficient (Wildman–Crippen LogP) is 3.12. The zero-order valence-corrected chi connectivity index (χ0v) is 11.2. The average Bonchev–Trinajstić information content (AvgIpc) is 2.41. The van der Waals surface area contributed by atoms with Crippen molar-refractivity contribution in [3.05, 3.63) is 35.2 Å². The number of halogens is 1. The van der Waals surface area contributed by atoms with E-state index in [4.69, 9.17) is 21.1 Å². The number of hydrogen-bond donors (Lipinski definition) is 0. The van der Waals surface area contributed by atoms with Crippen molar-refractivity contribution < 1.29 is 9.47 Å². The highest BCUT2D eigenvalue weighted by Gasteiger charge is 2.10. The van der Waals surface area contributed by atoms with Crippen molar-refractivity contribution in [2.75, 3.05) is 14.2 Å². The van der Waals surface area contributed by atoms with Gasteiger partial charge >= 0.3 is 0 Å². The second-order valence-electron chi connectivity index (χ2n) is 3.74. The molecule has 0 aliphatic heterocycles. The third kappa shape index (κ3) is 2.38. The Bertz CT molecular complexity index is 551. The lowest BCUT2D eigenvalue weighted by molar-refractivity contribution is 0.394. The van der Waals surface area contributed by atoms with Crippen LogP contribution in [-0.4, -0.2) is 24.2 Å². The average molecular weight is 265 g/mol. The molecule has 2 rings (SSSR count). The maximum Gasteiger partial charge on any atom is 0.135 e. The zero-order valence-electron chi connectivity index (χ0n) is 10.4. The molecular weight excluding hydrogens is 252 g/mol. The third-order valence-corrected chi connectivity index (χ3v) is 3.03. The van der Waals surface area contributed by atoms with Gasteiger partial charge in [0.2, 0.25) is 0 Å². The van der Waals surface area contributed by atoms with Crippen molar-refractivity contribution in [1.82, 2.24) is 9.97 Å². The van der Waals surface area contributed by atoms with Crippen molar-refractivity contribution in [2.24, 2.45) is 0 Å². The van der Waals surface area contributed by atoms with Gasteiger partial charge in [-0.3, -0.25) is 0 Å². The van der Waals surface area contributed by atoms with Crippen LogP contribution in [-0.2, 0) is 0 Å². The molecule has 0 aliphatic carbocycles. The molecule has 0 fully saturated rings. The first-order chi connectivity index (χ1) is 8.65. The van der Waals surface area contributed by atoms with E-state index in [1.165, 1.54) is 6.33 Å². The summed E-state index contributed by atoms with van der Waals surface area (Å²) >= 11 is 6.00. The van der Waals surface area contributed by atoms with Gasteiger partial charge in [0.1, 0.15) is 23.0 Å². The van der Waals surface area contributed by atoms with Crippen LogP contribution in [0, 0.1) is 6.92 Å². The van der Waals surface area contributed by atoms with Crippen molar-refractivity contribution in [3.63, 3.8) is 0 Å². The molecule has 0 saturated heterocycles. The molecule has 1 heterocycles. The molecule has 0 radical (unpaired) electrons. The van der Waals surface area contributed by atoms with Crippen molar-refractivity contribution in [3.8, 4) is 22.8 Å². The molecule has 0 atom stereocenters. The summed E-state index contributed by atoms with van der Waals surface area (Å²) in [5, 5.41) is 0.446. The summed E-state index contributed by atoms with van der Waals surface area (Å²) in [5.74, 6) is 1.41. The van der Waals surface area contributed by atoms with E-state index in [0.717, 1.165) is 16.8 Å². The summed E-state index contributed by atoms with van der Waals surface area (Å²) in [7, 11) is 3.22. The zero-order chi connectivity index (χ0) is 13.1. The first-order valence-corrected chi connectivity index (χ1v) is 5.74. The van der Waals surface area contributed by atoms with Gasteiger partial charge in [-0.05, 0) is 19.1 Å². The fourth-order valence-electron chi connectivity index (χ4n) is 1.66. The Hall–Kier alpha value is -1.81. The topological polar surface area (TPSA) is 44.2 Å². The summed E-state index contributed by atoms with van der Waals surface area (Å²) < 4.78 is 10.5. The Balaban J connectivity index is 2.59. The van der Waals surface area contributed by atoms with E-state index in [2.05, 4.69) is 9.97 Å². The summed E-state index contributed by atoms with van der Waals surface area (Å²) in [4.78, 5) is 8.20. The highest BCUT2D eigenvalue weighted by Crippen LogP contribution is 2.31. The summed E-state index contributed by atoms with van der Waals surface area (Å²) in [6.45, 7) is 1.88. The van der Waals surface area contributed by atoms with Gasteiger partial charge in [-0.1, -0.05) is 11.6 Å². The first-order valence-electron chi connectivity index (χ1n) is 5.36. The lowest BCUT2D eigenvalue weighted by Crippen LogP contribution is -1.94. The molecule has 0 aliphatic rings. The Kier molecular flexibility index (Phi) is 3.67. The Morgan fingerprint density at radius 2 is 1.61 bits per heavy atom. The van der Waals surface area contributed by atoms with Crippen molar-refractivity contribution in [2.45, 2.75) is 6.92 Å². The van der Waals surface area contributed by atoms with Gasteiger partial charge in [0, 0.05) is 17.2 Å². The first kappa shape index (κ1) is 12.6. The SMILES string of the molecule is COc1cc(OC)cc(-c2ncnc(Cl)c2C)c1. The van der Waals surface area contributed by atoms with Crippen molar-refractivity contribution in [1.29, 1.82) is 0 Å². The lowest BCUT2D eigenvalue weighted by atomic mass is 10.1. The normalized spacial score (nSPS) is 10.2. The molecule has 1 aromatic heterocycles. The molecule has 0 unspecified atom stereocenters. The molecule has 0 amide bonds. The minimum atomic E-state index is 0.446. The van der Waals surface area contributed by atoms with Crippen LogP contribution in [0.25, 0.3) is 11.3 Å². The third-order valence-electron chi connectivity index (χ3n) is 2.65. The minimum absolute atomic E-state index is 0.446. The predicted molar refractivity (Wildman–Crippen MR) is 70.3 cm³/mol. The van der Waals surface area contributed by atoms with Gasteiger partial charge in [-0.15, -0.1) is 0 Å². The smallest absolute Gasteiger partial charge is 0.135 e. The van der Waals surface area contributed by atoms with Gasteiger partial charge in [0.25, 0.3) is 0 Å². The maximum absolute atomic E-state index is 6.00. The van der Waals surface area contributed by atoms with Crippen LogP contribution in [0.15, 0.2) is 24.5 Å². The van der Waals surface area contributed by atoms with Crippen molar-refractivity contribution >= 4 is 11.6 Å². The van der Waals surface area contributed by atoms with Crippen LogP contribution >= 0.6 is 11.6 Å². The van der Waals surface area contributed by atoms with Gasteiger partial charge in [0.05, 0.1) is 19.9 Å². The number of ether oxygens (including phenoxy) is 2. The maximum atomic E-state index is 6.00. The monoisotopic (exact) mass is 264 g/mol. The quantitative estimate of drug-likeness (QED) is 0.799. The van der Waals surface area contributed by atoms with Crippen LogP contribution in [0.2, 0.25) is 5.15 Å². The van der Waals surface area contributed by atoms with E-state index in [1.54, 1.807) is 14.2 Å². The molecule has 1 aromatic carbocycles. The standard InChI is InChI=1S/C13H13ClN2O2/c1-8-12(15-7-16-13(8)14)9-4-10(17-2)6-11(5-9)18-3/h4-7H,1-3H3. The summed E-state index contributed by atoms with van der Waals surface area (Å²) in [6.07, 6.45) is 1.44. The molecule has 0 saturated carbocycles. The molecule has 0 N–H and O–H groups in total. The molecule has 0 spiro atoms. The number of hydrogen-bond acceptors (Lipinski definition) is 4. The minimum Gasteiger partial charge on any atom is -0.497 e. The van der Waals surface area contributed by atoms with Gasteiger partial charge < -0.3 is 9.47 Å².